The van der Waals surface area contributed by atoms with Gasteiger partial charge in [0, 0.05) is 16.2 Å². The van der Waals surface area contributed by atoms with Gasteiger partial charge in [-0.15, -0.1) is 11.3 Å². The van der Waals surface area contributed by atoms with Crippen molar-refractivity contribution in [1.82, 2.24) is 5.32 Å². The van der Waals surface area contributed by atoms with Crippen LogP contribution in [0, 0.1) is 0 Å². The summed E-state index contributed by atoms with van der Waals surface area (Å²) in [5.74, 6) is 0. The van der Waals surface area contributed by atoms with Crippen LogP contribution in [-0.4, -0.2) is 18.0 Å². The van der Waals surface area contributed by atoms with E-state index in [2.05, 4.69) is 5.32 Å². The molecule has 0 bridgehead atoms. The molecule has 0 fully saturated rings. The van der Waals surface area contributed by atoms with Crippen molar-refractivity contribution in [2.24, 2.45) is 0 Å². The van der Waals surface area contributed by atoms with Crippen molar-refractivity contribution in [2.45, 2.75) is 45.8 Å². The third kappa shape index (κ3) is 5.82. The lowest BCUT2D eigenvalue weighted by Gasteiger charge is -2.19. The number of hydrogen-bond donors (Lipinski definition) is 1. The van der Waals surface area contributed by atoms with Crippen molar-refractivity contribution in [3.8, 4) is 0 Å². The van der Waals surface area contributed by atoms with Crippen LogP contribution in [0.5, 0.6) is 0 Å². The lowest BCUT2D eigenvalue weighted by atomic mass is 10.2. The highest BCUT2D eigenvalue weighted by atomic mass is 32.1. The van der Waals surface area contributed by atoms with Crippen LogP contribution < -0.4 is 5.32 Å². The van der Waals surface area contributed by atoms with Gasteiger partial charge in [-0.3, -0.25) is 0 Å². The molecule has 18 heavy (non-hydrogen) atoms. The molecule has 5 heteroatoms. The van der Waals surface area contributed by atoms with Gasteiger partial charge in [-0.2, -0.15) is 0 Å². The maximum atomic E-state index is 11.4. The van der Waals surface area contributed by atoms with E-state index in [0.717, 1.165) is 22.5 Å². The van der Waals surface area contributed by atoms with Crippen LogP contribution in [0.3, 0.4) is 0 Å². The highest BCUT2D eigenvalue weighted by Gasteiger charge is 2.15. The molecule has 1 amide bonds. The molecule has 100 valence electrons. The summed E-state index contributed by atoms with van der Waals surface area (Å²) in [4.78, 5) is 23.9. The Hall–Kier alpha value is -1.36. The molecule has 1 heterocycles. The molecular weight excluding hydrogens is 250 g/mol. The first-order valence-electron chi connectivity index (χ1n) is 5.89. The highest BCUT2D eigenvalue weighted by Crippen LogP contribution is 2.17. The SMILES string of the molecule is CC(C)(C)OC(=O)NCc1ccc(CCC=O)s1. The van der Waals surface area contributed by atoms with Crippen molar-refractivity contribution in [2.75, 3.05) is 0 Å². The smallest absolute Gasteiger partial charge is 0.407 e. The summed E-state index contributed by atoms with van der Waals surface area (Å²) in [5.41, 5.74) is -0.478. The summed E-state index contributed by atoms with van der Waals surface area (Å²) in [7, 11) is 0. The van der Waals surface area contributed by atoms with Crippen molar-refractivity contribution in [1.29, 1.82) is 0 Å². The Kier molecular flexibility index (Phi) is 5.34. The second kappa shape index (κ2) is 6.54. The van der Waals surface area contributed by atoms with Crippen LogP contribution in [0.2, 0.25) is 0 Å². The van der Waals surface area contributed by atoms with E-state index in [9.17, 15) is 9.59 Å². The number of ether oxygens (including phenoxy) is 1. The van der Waals surface area contributed by atoms with E-state index in [1.165, 1.54) is 0 Å². The molecule has 0 aliphatic carbocycles. The fourth-order valence-electron chi connectivity index (χ4n) is 1.33. The quantitative estimate of drug-likeness (QED) is 0.836. The number of carbonyl (C=O) groups is 2. The van der Waals surface area contributed by atoms with E-state index < -0.39 is 11.7 Å². The average molecular weight is 269 g/mol. The molecule has 0 atom stereocenters. The Morgan fingerprint density at radius 1 is 1.39 bits per heavy atom. The molecule has 1 aromatic rings. The Labute approximate surface area is 111 Å². The molecule has 0 aliphatic heterocycles. The summed E-state index contributed by atoms with van der Waals surface area (Å²) in [6.45, 7) is 5.94. The number of aryl methyl sites for hydroxylation is 1. The third-order valence-corrected chi connectivity index (χ3v) is 3.18. The average Bonchev–Trinajstić information content (AvgIpc) is 2.69. The molecule has 1 N–H and O–H groups in total. The van der Waals surface area contributed by atoms with Crippen molar-refractivity contribution in [3.63, 3.8) is 0 Å². The minimum Gasteiger partial charge on any atom is -0.444 e. The summed E-state index contributed by atoms with van der Waals surface area (Å²) in [6.07, 6.45) is 1.81. The fraction of sp³-hybridized carbons (Fsp3) is 0.538. The van der Waals surface area contributed by atoms with Gasteiger partial charge in [-0.05, 0) is 39.3 Å². The van der Waals surface area contributed by atoms with Crippen LogP contribution in [0.15, 0.2) is 12.1 Å². The molecular formula is C13H19NO3S. The van der Waals surface area contributed by atoms with E-state index in [4.69, 9.17) is 4.74 Å². The van der Waals surface area contributed by atoms with Crippen LogP contribution in [0.4, 0.5) is 4.79 Å². The summed E-state index contributed by atoms with van der Waals surface area (Å²) in [6, 6.07) is 3.95. The summed E-state index contributed by atoms with van der Waals surface area (Å²) >= 11 is 1.60. The zero-order valence-corrected chi connectivity index (χ0v) is 11.8. The predicted octanol–water partition coefficient (Wildman–Crippen LogP) is 2.90. The maximum absolute atomic E-state index is 11.4. The van der Waals surface area contributed by atoms with E-state index in [1.54, 1.807) is 11.3 Å². The molecule has 0 unspecified atom stereocenters. The molecule has 0 aliphatic rings. The van der Waals surface area contributed by atoms with Gasteiger partial charge in [0.15, 0.2) is 0 Å². The van der Waals surface area contributed by atoms with E-state index in [-0.39, 0.29) is 0 Å². The standard InChI is InChI=1S/C13H19NO3S/c1-13(2,3)17-12(16)14-9-11-7-6-10(18-11)5-4-8-15/h6-8H,4-5,9H2,1-3H3,(H,14,16). The van der Waals surface area contributed by atoms with E-state index in [1.807, 2.05) is 32.9 Å². The number of amides is 1. The lowest BCUT2D eigenvalue weighted by molar-refractivity contribution is -0.107. The van der Waals surface area contributed by atoms with Gasteiger partial charge in [-0.1, -0.05) is 0 Å². The van der Waals surface area contributed by atoms with Crippen LogP contribution in [-0.2, 0) is 22.5 Å². The predicted molar refractivity (Wildman–Crippen MR) is 71.8 cm³/mol. The summed E-state index contributed by atoms with van der Waals surface area (Å²) < 4.78 is 5.14. The van der Waals surface area contributed by atoms with E-state index in [0.29, 0.717) is 13.0 Å². The summed E-state index contributed by atoms with van der Waals surface area (Å²) in [5, 5.41) is 2.70. The van der Waals surface area contributed by atoms with Gasteiger partial charge in [0.25, 0.3) is 0 Å². The van der Waals surface area contributed by atoms with Crippen LogP contribution in [0.1, 0.15) is 36.9 Å². The second-order valence-corrected chi connectivity index (χ2v) is 6.18. The monoisotopic (exact) mass is 269 g/mol. The van der Waals surface area contributed by atoms with Crippen LogP contribution in [0.25, 0.3) is 0 Å². The maximum Gasteiger partial charge on any atom is 0.407 e. The van der Waals surface area contributed by atoms with E-state index >= 15 is 0 Å². The Balaban J connectivity index is 2.37. The number of nitrogens with one attached hydrogen (secondary N) is 1. The molecule has 1 aromatic heterocycles. The number of carbonyl (C=O) groups excluding carboxylic acids is 2. The molecule has 0 aromatic carbocycles. The van der Waals surface area contributed by atoms with Crippen molar-refractivity contribution < 1.29 is 14.3 Å². The van der Waals surface area contributed by atoms with Gasteiger partial charge in [-0.25, -0.2) is 4.79 Å². The Morgan fingerprint density at radius 2 is 2.06 bits per heavy atom. The number of thiophene rings is 1. The largest absolute Gasteiger partial charge is 0.444 e. The van der Waals surface area contributed by atoms with Gasteiger partial charge >= 0.3 is 6.09 Å². The minimum absolute atomic E-state index is 0.412. The molecule has 0 spiro atoms. The molecule has 0 saturated carbocycles. The third-order valence-electron chi connectivity index (χ3n) is 2.03. The molecule has 0 saturated heterocycles. The second-order valence-electron chi connectivity index (χ2n) is 4.93. The Bertz CT molecular complexity index is 407. The van der Waals surface area contributed by atoms with Crippen LogP contribution >= 0.6 is 11.3 Å². The lowest BCUT2D eigenvalue weighted by Crippen LogP contribution is -2.31. The zero-order valence-electron chi connectivity index (χ0n) is 11.0. The van der Waals surface area contributed by atoms with Gasteiger partial charge in [0.1, 0.15) is 11.9 Å². The zero-order chi connectivity index (χ0) is 13.6. The van der Waals surface area contributed by atoms with Gasteiger partial charge in [0.2, 0.25) is 0 Å². The first kappa shape index (κ1) is 14.7. The van der Waals surface area contributed by atoms with Crippen molar-refractivity contribution >= 4 is 23.7 Å². The van der Waals surface area contributed by atoms with Gasteiger partial charge < -0.3 is 14.8 Å². The number of aldehydes is 1. The highest BCUT2D eigenvalue weighted by molar-refractivity contribution is 7.11. The number of alkyl carbamates (subject to hydrolysis) is 1. The topological polar surface area (TPSA) is 55.4 Å². The molecule has 1 rings (SSSR count). The fourth-order valence-corrected chi connectivity index (χ4v) is 2.30. The first-order chi connectivity index (χ1) is 8.40. The van der Waals surface area contributed by atoms with Gasteiger partial charge in [0.05, 0.1) is 6.54 Å². The minimum atomic E-state index is -0.478. The van der Waals surface area contributed by atoms with Crippen molar-refractivity contribution in [3.05, 3.63) is 21.9 Å². The molecule has 4 nitrogen and oxygen atoms in total. The number of rotatable bonds is 5. The normalized spacial score (nSPS) is 11.1. The number of hydrogen-bond acceptors (Lipinski definition) is 4. The first-order valence-corrected chi connectivity index (χ1v) is 6.70. The Morgan fingerprint density at radius 3 is 2.67 bits per heavy atom. The molecule has 0 radical (unpaired) electrons.